The number of benzene rings is 1. The summed E-state index contributed by atoms with van der Waals surface area (Å²) in [6.07, 6.45) is 2.10. The van der Waals surface area contributed by atoms with E-state index in [9.17, 15) is 9.90 Å². The van der Waals surface area contributed by atoms with Crippen LogP contribution in [0.3, 0.4) is 0 Å². The van der Waals surface area contributed by atoms with Gasteiger partial charge in [0.15, 0.2) is 0 Å². The van der Waals surface area contributed by atoms with E-state index < -0.39 is 0 Å². The van der Waals surface area contributed by atoms with Gasteiger partial charge in [0.1, 0.15) is 5.75 Å². The number of piperidine rings is 1. The first-order chi connectivity index (χ1) is 8.39. The summed E-state index contributed by atoms with van der Waals surface area (Å²) in [5.74, 6) is 0.319. The molecule has 1 aliphatic heterocycles. The van der Waals surface area contributed by atoms with Gasteiger partial charge in [-0.2, -0.15) is 0 Å². The minimum Gasteiger partial charge on any atom is -0.508 e. The van der Waals surface area contributed by atoms with E-state index in [0.717, 1.165) is 31.5 Å². The van der Waals surface area contributed by atoms with Crippen LogP contribution in [0.4, 0.5) is 0 Å². The van der Waals surface area contributed by atoms with E-state index in [1.54, 1.807) is 18.2 Å². The smallest absolute Gasteiger partial charge is 0.253 e. The predicted octanol–water partition coefficient (Wildman–Crippen LogP) is 2.96. The zero-order valence-electron chi connectivity index (χ0n) is 11.4. The number of phenols is 1. The summed E-state index contributed by atoms with van der Waals surface area (Å²) < 4.78 is 0. The van der Waals surface area contributed by atoms with Gasteiger partial charge in [-0.3, -0.25) is 4.79 Å². The highest BCUT2D eigenvalue weighted by Gasteiger charge is 2.28. The molecule has 0 bridgehead atoms. The second-order valence-corrected chi connectivity index (χ2v) is 5.96. The van der Waals surface area contributed by atoms with E-state index in [-0.39, 0.29) is 11.7 Å². The molecule has 2 rings (SSSR count). The van der Waals surface area contributed by atoms with Crippen LogP contribution in [0.2, 0.25) is 0 Å². The fourth-order valence-electron chi connectivity index (χ4n) is 2.29. The van der Waals surface area contributed by atoms with Crippen LogP contribution in [0.25, 0.3) is 0 Å². The molecule has 1 saturated heterocycles. The summed E-state index contributed by atoms with van der Waals surface area (Å²) in [7, 11) is 0. The summed E-state index contributed by atoms with van der Waals surface area (Å²) in [5.41, 5.74) is 1.77. The average Bonchev–Trinajstić information content (AvgIpc) is 2.32. The largest absolute Gasteiger partial charge is 0.508 e. The highest BCUT2D eigenvalue weighted by atomic mass is 16.3. The Balaban J connectivity index is 2.10. The van der Waals surface area contributed by atoms with E-state index in [1.165, 1.54) is 0 Å². The second-order valence-electron chi connectivity index (χ2n) is 5.96. The molecule has 0 saturated carbocycles. The van der Waals surface area contributed by atoms with Crippen molar-refractivity contribution < 1.29 is 9.90 Å². The third kappa shape index (κ3) is 2.66. The molecule has 1 heterocycles. The minimum absolute atomic E-state index is 0.0774. The SMILES string of the molecule is Cc1cc(C(=O)N2CCC(C)(C)CC2)ccc1O. The Morgan fingerprint density at radius 3 is 2.44 bits per heavy atom. The number of rotatable bonds is 1. The van der Waals surface area contributed by atoms with Crippen molar-refractivity contribution >= 4 is 5.91 Å². The third-order valence-electron chi connectivity index (χ3n) is 3.85. The molecule has 98 valence electrons. The monoisotopic (exact) mass is 247 g/mol. The van der Waals surface area contributed by atoms with Crippen LogP contribution >= 0.6 is 0 Å². The predicted molar refractivity (Wildman–Crippen MR) is 71.8 cm³/mol. The van der Waals surface area contributed by atoms with Crippen LogP contribution in [0, 0.1) is 12.3 Å². The van der Waals surface area contributed by atoms with Crippen LogP contribution in [0.15, 0.2) is 18.2 Å². The van der Waals surface area contributed by atoms with Crippen LogP contribution in [0.5, 0.6) is 5.75 Å². The molecule has 1 amide bonds. The number of hydrogen-bond acceptors (Lipinski definition) is 2. The average molecular weight is 247 g/mol. The molecule has 3 heteroatoms. The van der Waals surface area contributed by atoms with Crippen molar-refractivity contribution in [1.29, 1.82) is 0 Å². The molecule has 0 aromatic heterocycles. The molecule has 1 N–H and O–H groups in total. The number of aryl methyl sites for hydroxylation is 1. The van der Waals surface area contributed by atoms with Crippen LogP contribution < -0.4 is 0 Å². The van der Waals surface area contributed by atoms with Crippen molar-refractivity contribution in [3.8, 4) is 5.75 Å². The summed E-state index contributed by atoms with van der Waals surface area (Å²) in [6, 6.07) is 5.05. The van der Waals surface area contributed by atoms with Crippen molar-refractivity contribution in [2.45, 2.75) is 33.6 Å². The number of hydrogen-bond donors (Lipinski definition) is 1. The van der Waals surface area contributed by atoms with Gasteiger partial charge in [0.25, 0.3) is 5.91 Å². The Bertz CT molecular complexity index is 456. The normalized spacial score (nSPS) is 18.7. The molecule has 1 aromatic rings. The maximum Gasteiger partial charge on any atom is 0.253 e. The minimum atomic E-state index is 0.0774. The van der Waals surface area contributed by atoms with Crippen molar-refractivity contribution in [3.63, 3.8) is 0 Å². The molecule has 0 radical (unpaired) electrons. The van der Waals surface area contributed by atoms with Gasteiger partial charge in [-0.15, -0.1) is 0 Å². The zero-order valence-corrected chi connectivity index (χ0v) is 11.4. The molecule has 1 aromatic carbocycles. The third-order valence-corrected chi connectivity index (χ3v) is 3.85. The quantitative estimate of drug-likeness (QED) is 0.828. The van der Waals surface area contributed by atoms with Crippen LogP contribution in [-0.4, -0.2) is 29.0 Å². The molecule has 0 unspecified atom stereocenters. The van der Waals surface area contributed by atoms with Gasteiger partial charge >= 0.3 is 0 Å². The number of nitrogens with zero attached hydrogens (tertiary/aromatic N) is 1. The van der Waals surface area contributed by atoms with Gasteiger partial charge in [-0.25, -0.2) is 0 Å². The van der Waals surface area contributed by atoms with Gasteiger partial charge in [-0.1, -0.05) is 13.8 Å². The molecule has 0 atom stereocenters. The maximum absolute atomic E-state index is 12.3. The lowest BCUT2D eigenvalue weighted by atomic mass is 9.82. The second kappa shape index (κ2) is 4.63. The van der Waals surface area contributed by atoms with E-state index >= 15 is 0 Å². The zero-order chi connectivity index (χ0) is 13.3. The van der Waals surface area contributed by atoms with Crippen molar-refractivity contribution in [2.24, 2.45) is 5.41 Å². The highest BCUT2D eigenvalue weighted by Crippen LogP contribution is 2.30. The van der Waals surface area contributed by atoms with Crippen molar-refractivity contribution in [1.82, 2.24) is 4.90 Å². The highest BCUT2D eigenvalue weighted by molar-refractivity contribution is 5.94. The first-order valence-electron chi connectivity index (χ1n) is 6.48. The molecule has 1 aliphatic rings. The first kappa shape index (κ1) is 12.9. The van der Waals surface area contributed by atoms with Crippen LogP contribution in [0.1, 0.15) is 42.6 Å². The molecular weight excluding hydrogens is 226 g/mol. The summed E-state index contributed by atoms with van der Waals surface area (Å²) in [5, 5.41) is 9.48. The molecule has 0 spiro atoms. The Morgan fingerprint density at radius 2 is 1.89 bits per heavy atom. The van der Waals surface area contributed by atoms with Gasteiger partial charge in [0.2, 0.25) is 0 Å². The molecule has 0 aliphatic carbocycles. The summed E-state index contributed by atoms with van der Waals surface area (Å²) in [4.78, 5) is 14.2. The number of amides is 1. The van der Waals surface area contributed by atoms with Gasteiger partial charge in [0.05, 0.1) is 0 Å². The fraction of sp³-hybridized carbons (Fsp3) is 0.533. The Kier molecular flexibility index (Phi) is 3.33. The Morgan fingerprint density at radius 1 is 1.28 bits per heavy atom. The maximum atomic E-state index is 12.3. The summed E-state index contributed by atoms with van der Waals surface area (Å²) >= 11 is 0. The number of likely N-dealkylation sites (tertiary alicyclic amines) is 1. The van der Waals surface area contributed by atoms with Crippen molar-refractivity contribution in [3.05, 3.63) is 29.3 Å². The number of carbonyl (C=O) groups excluding carboxylic acids is 1. The lowest BCUT2D eigenvalue weighted by Crippen LogP contribution is -2.41. The number of carbonyl (C=O) groups is 1. The molecule has 3 nitrogen and oxygen atoms in total. The van der Waals surface area contributed by atoms with Gasteiger partial charge < -0.3 is 10.0 Å². The number of phenolic OH excluding ortho intramolecular Hbond substituents is 1. The Hall–Kier alpha value is -1.51. The standard InChI is InChI=1S/C15H21NO2/c1-11-10-12(4-5-13(11)17)14(18)16-8-6-15(2,3)7-9-16/h4-5,10,17H,6-9H2,1-3H3. The van der Waals surface area contributed by atoms with Gasteiger partial charge in [0, 0.05) is 18.7 Å². The molecule has 18 heavy (non-hydrogen) atoms. The van der Waals surface area contributed by atoms with E-state index in [4.69, 9.17) is 0 Å². The van der Waals surface area contributed by atoms with E-state index in [2.05, 4.69) is 13.8 Å². The lowest BCUT2D eigenvalue weighted by Gasteiger charge is -2.37. The fourth-order valence-corrected chi connectivity index (χ4v) is 2.29. The van der Waals surface area contributed by atoms with E-state index in [1.807, 2.05) is 11.8 Å². The topological polar surface area (TPSA) is 40.5 Å². The van der Waals surface area contributed by atoms with Crippen molar-refractivity contribution in [2.75, 3.05) is 13.1 Å². The number of aromatic hydroxyl groups is 1. The molecular formula is C15H21NO2. The van der Waals surface area contributed by atoms with Gasteiger partial charge in [-0.05, 0) is 48.9 Å². The van der Waals surface area contributed by atoms with E-state index in [0.29, 0.717) is 11.0 Å². The Labute approximate surface area is 108 Å². The first-order valence-corrected chi connectivity index (χ1v) is 6.48. The lowest BCUT2D eigenvalue weighted by molar-refractivity contribution is 0.0630. The molecule has 1 fully saturated rings. The summed E-state index contributed by atoms with van der Waals surface area (Å²) in [6.45, 7) is 7.96. The van der Waals surface area contributed by atoms with Crippen LogP contribution in [-0.2, 0) is 0 Å².